The number of rotatable bonds is 14. The van der Waals surface area contributed by atoms with Gasteiger partial charge in [-0.3, -0.25) is 0 Å². The SMILES string of the molecule is COc1ccc(/C=C/C(=O)O[C@H]2[C@H](O[C@@H]3O[C@@H](C)[C@H](O)[C@@H](O)[C@H]3O[C@@H]3O[C@H](CO)[C@@H](O)[C@H](O)[C@H]3O)[C@@H](O)[C@H](OCCc3ccc(O)c(O)c3)O[C@@H]2CO)cc1O. The molecule has 11 N–H and O–H groups in total. The molecule has 56 heavy (non-hydrogen) atoms. The molecule has 3 fully saturated rings. The number of phenols is 3. The zero-order valence-electron chi connectivity index (χ0n) is 30.2. The van der Waals surface area contributed by atoms with Crippen LogP contribution in [0.2, 0.25) is 0 Å². The van der Waals surface area contributed by atoms with Gasteiger partial charge in [-0.25, -0.2) is 4.79 Å². The molecule has 0 unspecified atom stereocenters. The summed E-state index contributed by atoms with van der Waals surface area (Å²) in [7, 11) is 1.36. The Bertz CT molecular complexity index is 1620. The number of esters is 1. The Morgan fingerprint density at radius 3 is 2.05 bits per heavy atom. The summed E-state index contributed by atoms with van der Waals surface area (Å²) in [4.78, 5) is 13.2. The van der Waals surface area contributed by atoms with Crippen LogP contribution < -0.4 is 4.74 Å². The standard InChI is InChI=1S/C36H48O20/c1-15-25(43)28(46)33(56-35-29(47)27(45)26(44)22(13-37)52-35)36(51-15)55-32-30(48)34(50-10-9-17-3-6-18(39)19(40)11-17)53-23(14-38)31(32)54-24(42)8-5-16-4-7-21(49-2)20(41)12-16/h3-8,11-12,15,22-23,25-41,43-48H,9-10,13-14H2,1-2H3/b8-5+/t15-,22+,23+,25-,26+,27-,28+,29+,30+,31+,32+,33+,34+,35-,36-/m0/s1. The number of aliphatic hydroxyl groups is 8. The summed E-state index contributed by atoms with van der Waals surface area (Å²) < 4.78 is 45.4. The molecule has 5 rings (SSSR count). The Labute approximate surface area is 319 Å². The first kappa shape index (κ1) is 43.4. The summed E-state index contributed by atoms with van der Waals surface area (Å²) in [5, 5.41) is 114. The number of hydrogen-bond acceptors (Lipinski definition) is 20. The average molecular weight is 801 g/mol. The zero-order valence-corrected chi connectivity index (χ0v) is 30.2. The number of aromatic hydroxyl groups is 3. The number of ether oxygens (including phenoxy) is 8. The maximum atomic E-state index is 13.2. The first-order valence-corrected chi connectivity index (χ1v) is 17.6. The Hall–Kier alpha value is -3.71. The molecular weight excluding hydrogens is 752 g/mol. The first-order chi connectivity index (χ1) is 26.7. The topological polar surface area (TPSA) is 313 Å². The quantitative estimate of drug-likeness (QED) is 0.0519. The summed E-state index contributed by atoms with van der Waals surface area (Å²) in [6, 6.07) is 8.40. The molecule has 0 amide bonds. The third-order valence-electron chi connectivity index (χ3n) is 9.59. The van der Waals surface area contributed by atoms with Gasteiger partial charge in [-0.15, -0.1) is 0 Å². The van der Waals surface area contributed by atoms with Gasteiger partial charge in [-0.1, -0.05) is 12.1 Å². The Kier molecular flexibility index (Phi) is 14.9. The highest BCUT2D eigenvalue weighted by Crippen LogP contribution is 2.35. The Balaban J connectivity index is 1.41. The van der Waals surface area contributed by atoms with E-state index in [-0.39, 0.29) is 36.0 Å². The Morgan fingerprint density at radius 2 is 1.39 bits per heavy atom. The Morgan fingerprint density at radius 1 is 0.696 bits per heavy atom. The van der Waals surface area contributed by atoms with Crippen molar-refractivity contribution < 1.29 is 98.9 Å². The predicted octanol–water partition coefficient (Wildman–Crippen LogP) is -2.89. The lowest BCUT2D eigenvalue weighted by Gasteiger charge is -2.48. The van der Waals surface area contributed by atoms with Crippen LogP contribution in [0.15, 0.2) is 42.5 Å². The van der Waals surface area contributed by atoms with Crippen molar-refractivity contribution in [1.82, 2.24) is 0 Å². The van der Waals surface area contributed by atoms with Crippen molar-refractivity contribution >= 4 is 12.0 Å². The van der Waals surface area contributed by atoms with Crippen molar-refractivity contribution in [3.05, 3.63) is 53.6 Å². The van der Waals surface area contributed by atoms with Gasteiger partial charge in [0.2, 0.25) is 0 Å². The van der Waals surface area contributed by atoms with E-state index in [2.05, 4.69) is 0 Å². The average Bonchev–Trinajstić information content (AvgIpc) is 3.18. The molecule has 2 aromatic carbocycles. The maximum Gasteiger partial charge on any atom is 0.331 e. The van der Waals surface area contributed by atoms with E-state index in [1.165, 1.54) is 56.5 Å². The molecule has 20 nitrogen and oxygen atoms in total. The minimum absolute atomic E-state index is 0.141. The van der Waals surface area contributed by atoms with Crippen molar-refractivity contribution in [2.45, 2.75) is 105 Å². The summed E-state index contributed by atoms with van der Waals surface area (Å²) in [6.07, 6.45) is -22.8. The van der Waals surface area contributed by atoms with E-state index in [0.29, 0.717) is 11.1 Å². The molecule has 2 aromatic rings. The van der Waals surface area contributed by atoms with Gasteiger partial charge in [-0.05, 0) is 54.8 Å². The second-order valence-electron chi connectivity index (χ2n) is 13.4. The number of aliphatic hydroxyl groups excluding tert-OH is 8. The number of benzene rings is 2. The van der Waals surface area contributed by atoms with Gasteiger partial charge in [0.05, 0.1) is 33.0 Å². The lowest BCUT2D eigenvalue weighted by molar-refractivity contribution is -0.386. The molecule has 15 atom stereocenters. The van der Waals surface area contributed by atoms with E-state index in [0.717, 1.165) is 6.08 Å². The van der Waals surface area contributed by atoms with Gasteiger partial charge in [0.1, 0.15) is 61.0 Å². The number of hydrogen-bond donors (Lipinski definition) is 11. The molecule has 3 saturated heterocycles. The van der Waals surface area contributed by atoms with Crippen LogP contribution in [0.3, 0.4) is 0 Å². The van der Waals surface area contributed by atoms with Gasteiger partial charge in [0, 0.05) is 6.08 Å². The van der Waals surface area contributed by atoms with Gasteiger partial charge >= 0.3 is 5.97 Å². The zero-order chi connectivity index (χ0) is 40.8. The van der Waals surface area contributed by atoms with Gasteiger partial charge in [0.25, 0.3) is 0 Å². The molecule has 0 spiro atoms. The monoisotopic (exact) mass is 800 g/mol. The number of carbonyl (C=O) groups is 1. The summed E-state index contributed by atoms with van der Waals surface area (Å²) >= 11 is 0. The van der Waals surface area contributed by atoms with Gasteiger partial charge in [-0.2, -0.15) is 0 Å². The lowest BCUT2D eigenvalue weighted by atomic mass is 9.96. The lowest BCUT2D eigenvalue weighted by Crippen LogP contribution is -2.66. The van der Waals surface area contributed by atoms with Gasteiger partial charge in [0.15, 0.2) is 48.0 Å². The van der Waals surface area contributed by atoms with Crippen LogP contribution in [-0.4, -0.2) is 181 Å². The highest BCUT2D eigenvalue weighted by atomic mass is 16.8. The molecular formula is C36H48O20. The summed E-state index contributed by atoms with van der Waals surface area (Å²) in [5.41, 5.74) is 0.902. The van der Waals surface area contributed by atoms with Crippen molar-refractivity contribution in [3.8, 4) is 23.0 Å². The molecule has 0 bridgehead atoms. The van der Waals surface area contributed by atoms with E-state index in [9.17, 15) is 61.0 Å². The van der Waals surface area contributed by atoms with Crippen LogP contribution in [0.5, 0.6) is 23.0 Å². The predicted molar refractivity (Wildman–Crippen MR) is 185 cm³/mol. The third kappa shape index (κ3) is 9.86. The first-order valence-electron chi connectivity index (χ1n) is 17.6. The largest absolute Gasteiger partial charge is 0.504 e. The normalized spacial score (nSPS) is 36.4. The van der Waals surface area contributed by atoms with Crippen LogP contribution >= 0.6 is 0 Å². The van der Waals surface area contributed by atoms with E-state index < -0.39 is 111 Å². The fourth-order valence-corrected chi connectivity index (χ4v) is 6.39. The molecule has 3 heterocycles. The fraction of sp³-hybridized carbons (Fsp3) is 0.583. The molecule has 0 aliphatic carbocycles. The second-order valence-corrected chi connectivity index (χ2v) is 13.4. The number of carbonyl (C=O) groups excluding carboxylic acids is 1. The van der Waals surface area contributed by atoms with Crippen molar-refractivity contribution in [2.75, 3.05) is 26.9 Å². The van der Waals surface area contributed by atoms with Crippen molar-refractivity contribution in [1.29, 1.82) is 0 Å². The molecule has 312 valence electrons. The minimum Gasteiger partial charge on any atom is -0.504 e. The molecule has 3 aliphatic rings. The van der Waals surface area contributed by atoms with Crippen molar-refractivity contribution in [3.63, 3.8) is 0 Å². The molecule has 0 saturated carbocycles. The van der Waals surface area contributed by atoms with Gasteiger partial charge < -0.3 is 94.1 Å². The van der Waals surface area contributed by atoms with Crippen LogP contribution in [0.4, 0.5) is 0 Å². The van der Waals surface area contributed by atoms with E-state index in [4.69, 9.17) is 37.9 Å². The fourth-order valence-electron chi connectivity index (χ4n) is 6.39. The van der Waals surface area contributed by atoms with E-state index >= 15 is 0 Å². The highest BCUT2D eigenvalue weighted by molar-refractivity contribution is 5.87. The minimum atomic E-state index is -1.94. The molecule has 3 aliphatic heterocycles. The second kappa shape index (κ2) is 19.2. The summed E-state index contributed by atoms with van der Waals surface area (Å²) in [5.74, 6) is -1.75. The molecule has 0 radical (unpaired) electrons. The smallest absolute Gasteiger partial charge is 0.331 e. The molecule has 20 heteroatoms. The van der Waals surface area contributed by atoms with Crippen LogP contribution in [0.1, 0.15) is 18.1 Å². The van der Waals surface area contributed by atoms with E-state index in [1.807, 2.05) is 0 Å². The van der Waals surface area contributed by atoms with Crippen LogP contribution in [-0.2, 0) is 44.4 Å². The number of methoxy groups -OCH3 is 1. The third-order valence-corrected chi connectivity index (χ3v) is 9.59. The summed E-state index contributed by atoms with van der Waals surface area (Å²) in [6.45, 7) is -0.400. The van der Waals surface area contributed by atoms with E-state index in [1.54, 1.807) is 0 Å². The maximum absolute atomic E-state index is 13.2. The van der Waals surface area contributed by atoms with Crippen LogP contribution in [0.25, 0.3) is 6.08 Å². The molecule has 0 aromatic heterocycles. The van der Waals surface area contributed by atoms with Crippen molar-refractivity contribution in [2.24, 2.45) is 0 Å². The van der Waals surface area contributed by atoms with Crippen LogP contribution in [0, 0.1) is 0 Å². The highest BCUT2D eigenvalue weighted by Gasteiger charge is 2.54. The number of phenolic OH excluding ortho intramolecular Hbond substituents is 3.